The fraction of sp³-hybridized carbons (Fsp3) is 1.00. The largest absolute Gasteiger partial charge is 0.329 e. The second-order valence-electron chi connectivity index (χ2n) is 2.96. The molecule has 0 saturated carbocycles. The second-order valence-corrected chi connectivity index (χ2v) is 2.96. The predicted molar refractivity (Wildman–Crippen MR) is 42.7 cm³/mol. The van der Waals surface area contributed by atoms with Crippen LogP contribution in [0.4, 0.5) is 0 Å². The summed E-state index contributed by atoms with van der Waals surface area (Å²) in [5.74, 6) is 0. The summed E-state index contributed by atoms with van der Waals surface area (Å²) in [4.78, 5) is 0. The van der Waals surface area contributed by atoms with Crippen LogP contribution in [0.1, 0.15) is 19.3 Å². The molecule has 0 aromatic carbocycles. The van der Waals surface area contributed by atoms with Crippen molar-refractivity contribution in [2.75, 3.05) is 13.1 Å². The van der Waals surface area contributed by atoms with E-state index < -0.39 is 0 Å². The standard InChI is InChI=1S/C7H17N3/c8-4-6-2-1-3-7(5-9)10-6/h6-7,10H,1-5,8-9H2. The van der Waals surface area contributed by atoms with Crippen LogP contribution in [0.3, 0.4) is 0 Å². The van der Waals surface area contributed by atoms with Crippen molar-refractivity contribution in [2.45, 2.75) is 31.3 Å². The average Bonchev–Trinajstić information content (AvgIpc) is 2.05. The Bertz CT molecular complexity index is 84.9. The lowest BCUT2D eigenvalue weighted by Gasteiger charge is -2.29. The van der Waals surface area contributed by atoms with Gasteiger partial charge >= 0.3 is 0 Å². The third-order valence-corrected chi connectivity index (χ3v) is 2.15. The van der Waals surface area contributed by atoms with Crippen LogP contribution < -0.4 is 16.8 Å². The smallest absolute Gasteiger partial charge is 0.0193 e. The fourth-order valence-electron chi connectivity index (χ4n) is 1.48. The van der Waals surface area contributed by atoms with Crippen molar-refractivity contribution < 1.29 is 0 Å². The summed E-state index contributed by atoms with van der Waals surface area (Å²) in [6.45, 7) is 1.49. The highest BCUT2D eigenvalue weighted by Crippen LogP contribution is 2.10. The second kappa shape index (κ2) is 3.91. The Kier molecular flexibility index (Phi) is 3.12. The summed E-state index contributed by atoms with van der Waals surface area (Å²) < 4.78 is 0. The molecule has 2 atom stereocenters. The molecule has 1 saturated heterocycles. The van der Waals surface area contributed by atoms with Gasteiger partial charge in [-0.25, -0.2) is 0 Å². The van der Waals surface area contributed by atoms with Crippen molar-refractivity contribution in [1.82, 2.24) is 5.32 Å². The minimum atomic E-state index is 0.516. The zero-order chi connectivity index (χ0) is 7.40. The lowest BCUT2D eigenvalue weighted by molar-refractivity contribution is 0.329. The Hall–Kier alpha value is -0.120. The van der Waals surface area contributed by atoms with Gasteiger partial charge in [-0.3, -0.25) is 0 Å². The highest BCUT2D eigenvalue weighted by Gasteiger charge is 2.17. The van der Waals surface area contributed by atoms with Gasteiger partial charge in [0.1, 0.15) is 0 Å². The summed E-state index contributed by atoms with van der Waals surface area (Å²) in [6.07, 6.45) is 3.71. The van der Waals surface area contributed by atoms with E-state index in [0.29, 0.717) is 12.1 Å². The Balaban J connectivity index is 2.25. The van der Waals surface area contributed by atoms with E-state index in [9.17, 15) is 0 Å². The Labute approximate surface area is 62.2 Å². The zero-order valence-electron chi connectivity index (χ0n) is 6.34. The van der Waals surface area contributed by atoms with E-state index in [1.807, 2.05) is 0 Å². The maximum absolute atomic E-state index is 5.52. The molecule has 1 rings (SSSR count). The van der Waals surface area contributed by atoms with Gasteiger partial charge in [0.15, 0.2) is 0 Å². The van der Waals surface area contributed by atoms with E-state index >= 15 is 0 Å². The van der Waals surface area contributed by atoms with Gasteiger partial charge in [-0.15, -0.1) is 0 Å². The molecule has 1 aliphatic heterocycles. The molecular formula is C7H17N3. The van der Waals surface area contributed by atoms with Crippen LogP contribution in [-0.4, -0.2) is 25.2 Å². The van der Waals surface area contributed by atoms with Crippen LogP contribution in [0.25, 0.3) is 0 Å². The summed E-state index contributed by atoms with van der Waals surface area (Å²) in [5, 5.41) is 3.40. The molecule has 1 heterocycles. The van der Waals surface area contributed by atoms with Gasteiger partial charge in [0, 0.05) is 25.2 Å². The van der Waals surface area contributed by atoms with Crippen molar-refractivity contribution in [2.24, 2.45) is 11.5 Å². The predicted octanol–water partition coefficient (Wildman–Crippen LogP) is -0.585. The molecule has 3 nitrogen and oxygen atoms in total. The van der Waals surface area contributed by atoms with E-state index in [0.717, 1.165) is 13.1 Å². The van der Waals surface area contributed by atoms with Crippen molar-refractivity contribution >= 4 is 0 Å². The minimum Gasteiger partial charge on any atom is -0.329 e. The number of rotatable bonds is 2. The molecular weight excluding hydrogens is 126 g/mol. The monoisotopic (exact) mass is 143 g/mol. The zero-order valence-corrected chi connectivity index (χ0v) is 6.34. The molecule has 0 aromatic rings. The first-order valence-electron chi connectivity index (χ1n) is 4.03. The average molecular weight is 143 g/mol. The van der Waals surface area contributed by atoms with Crippen molar-refractivity contribution in [3.8, 4) is 0 Å². The normalized spacial score (nSPS) is 34.2. The van der Waals surface area contributed by atoms with Crippen LogP contribution in [0, 0.1) is 0 Å². The topological polar surface area (TPSA) is 64.1 Å². The van der Waals surface area contributed by atoms with Crippen LogP contribution in [-0.2, 0) is 0 Å². The van der Waals surface area contributed by atoms with Gasteiger partial charge in [0.05, 0.1) is 0 Å². The van der Waals surface area contributed by atoms with E-state index in [2.05, 4.69) is 5.32 Å². The first-order chi connectivity index (χ1) is 4.86. The molecule has 0 radical (unpaired) electrons. The lowest BCUT2D eigenvalue weighted by atomic mass is 9.99. The summed E-state index contributed by atoms with van der Waals surface area (Å²) in [5.41, 5.74) is 11.0. The molecule has 1 fully saturated rings. The highest BCUT2D eigenvalue weighted by molar-refractivity contribution is 4.80. The highest BCUT2D eigenvalue weighted by atomic mass is 15.0. The number of piperidine rings is 1. The lowest BCUT2D eigenvalue weighted by Crippen LogP contribution is -2.49. The SMILES string of the molecule is NCC1CCCC(CN)N1. The summed E-state index contributed by atoms with van der Waals surface area (Å²) in [7, 11) is 0. The number of hydrogen-bond acceptors (Lipinski definition) is 3. The molecule has 2 unspecified atom stereocenters. The van der Waals surface area contributed by atoms with Gasteiger partial charge in [-0.1, -0.05) is 6.42 Å². The molecule has 0 amide bonds. The molecule has 10 heavy (non-hydrogen) atoms. The molecule has 1 aliphatic rings. The molecule has 0 bridgehead atoms. The minimum absolute atomic E-state index is 0.516. The third kappa shape index (κ3) is 1.94. The summed E-state index contributed by atoms with van der Waals surface area (Å²) in [6, 6.07) is 1.03. The van der Waals surface area contributed by atoms with Crippen LogP contribution >= 0.6 is 0 Å². The van der Waals surface area contributed by atoms with Gasteiger partial charge in [-0.05, 0) is 12.8 Å². The maximum atomic E-state index is 5.52. The first kappa shape index (κ1) is 7.98. The molecule has 60 valence electrons. The molecule has 3 heteroatoms. The van der Waals surface area contributed by atoms with Crippen LogP contribution in [0.2, 0.25) is 0 Å². The van der Waals surface area contributed by atoms with Crippen LogP contribution in [0.5, 0.6) is 0 Å². The van der Waals surface area contributed by atoms with E-state index in [-0.39, 0.29) is 0 Å². The van der Waals surface area contributed by atoms with E-state index in [1.54, 1.807) is 0 Å². The van der Waals surface area contributed by atoms with Crippen molar-refractivity contribution in [3.05, 3.63) is 0 Å². The van der Waals surface area contributed by atoms with Gasteiger partial charge < -0.3 is 16.8 Å². The first-order valence-corrected chi connectivity index (χ1v) is 4.03. The number of nitrogens with two attached hydrogens (primary N) is 2. The van der Waals surface area contributed by atoms with Crippen molar-refractivity contribution in [1.29, 1.82) is 0 Å². The maximum Gasteiger partial charge on any atom is 0.0193 e. The van der Waals surface area contributed by atoms with Gasteiger partial charge in [0.25, 0.3) is 0 Å². The quantitative estimate of drug-likeness (QED) is 0.484. The van der Waals surface area contributed by atoms with Gasteiger partial charge in [-0.2, -0.15) is 0 Å². The third-order valence-electron chi connectivity index (χ3n) is 2.15. The van der Waals surface area contributed by atoms with Crippen LogP contribution in [0.15, 0.2) is 0 Å². The van der Waals surface area contributed by atoms with Crippen molar-refractivity contribution in [3.63, 3.8) is 0 Å². The molecule has 0 spiro atoms. The number of nitrogens with one attached hydrogen (secondary N) is 1. The summed E-state index contributed by atoms with van der Waals surface area (Å²) >= 11 is 0. The Morgan fingerprint density at radius 3 is 2.00 bits per heavy atom. The fourth-order valence-corrected chi connectivity index (χ4v) is 1.48. The Morgan fingerprint density at radius 2 is 1.60 bits per heavy atom. The van der Waals surface area contributed by atoms with E-state index in [1.165, 1.54) is 19.3 Å². The van der Waals surface area contributed by atoms with Gasteiger partial charge in [0.2, 0.25) is 0 Å². The molecule has 5 N–H and O–H groups in total. The Morgan fingerprint density at radius 1 is 1.10 bits per heavy atom. The number of hydrogen-bond donors (Lipinski definition) is 3. The molecule has 0 aliphatic carbocycles. The van der Waals surface area contributed by atoms with E-state index in [4.69, 9.17) is 11.5 Å². The molecule has 0 aromatic heterocycles.